The van der Waals surface area contributed by atoms with E-state index >= 15 is 0 Å². The molecule has 1 fully saturated rings. The maximum absolute atomic E-state index is 13.3. The molecule has 2 N–H and O–H groups in total. The SMILES string of the molecule is O=C(c1c[nH]c(=O)c2ccccc12)N1C[C@@H](O)[C@H](F)C1. The van der Waals surface area contributed by atoms with Crippen LogP contribution in [-0.4, -0.2) is 46.3 Å². The lowest BCUT2D eigenvalue weighted by molar-refractivity contribution is 0.0766. The molecular formula is C14H13FN2O3. The molecule has 5 nitrogen and oxygen atoms in total. The number of fused-ring (bicyclic) bond motifs is 1. The van der Waals surface area contributed by atoms with Gasteiger partial charge in [-0.05, 0) is 6.07 Å². The first-order valence-electron chi connectivity index (χ1n) is 6.30. The molecule has 1 amide bonds. The van der Waals surface area contributed by atoms with Crippen molar-refractivity contribution in [3.8, 4) is 0 Å². The second-order valence-corrected chi connectivity index (χ2v) is 4.87. The van der Waals surface area contributed by atoms with E-state index in [0.29, 0.717) is 16.3 Å². The van der Waals surface area contributed by atoms with Crippen molar-refractivity contribution in [2.45, 2.75) is 12.3 Å². The topological polar surface area (TPSA) is 73.4 Å². The molecule has 0 spiro atoms. The predicted molar refractivity (Wildman–Crippen MR) is 71.4 cm³/mol. The van der Waals surface area contributed by atoms with Crippen LogP contribution in [0.2, 0.25) is 0 Å². The molecule has 1 saturated heterocycles. The van der Waals surface area contributed by atoms with Gasteiger partial charge in [-0.15, -0.1) is 0 Å². The van der Waals surface area contributed by atoms with Crippen LogP contribution in [0.4, 0.5) is 4.39 Å². The molecule has 2 aromatic rings. The number of H-pyrrole nitrogens is 1. The van der Waals surface area contributed by atoms with E-state index in [1.54, 1.807) is 24.3 Å². The second kappa shape index (κ2) is 4.72. The Morgan fingerprint density at radius 2 is 2.00 bits per heavy atom. The third-order valence-corrected chi connectivity index (χ3v) is 3.55. The van der Waals surface area contributed by atoms with Gasteiger partial charge >= 0.3 is 0 Å². The van der Waals surface area contributed by atoms with E-state index in [4.69, 9.17) is 0 Å². The third kappa shape index (κ3) is 1.98. The van der Waals surface area contributed by atoms with Gasteiger partial charge in [0, 0.05) is 23.5 Å². The van der Waals surface area contributed by atoms with Crippen molar-refractivity contribution in [2.24, 2.45) is 0 Å². The van der Waals surface area contributed by atoms with Crippen molar-refractivity contribution in [1.82, 2.24) is 9.88 Å². The first kappa shape index (κ1) is 12.8. The maximum atomic E-state index is 13.3. The number of pyridine rings is 1. The van der Waals surface area contributed by atoms with Crippen molar-refractivity contribution in [3.63, 3.8) is 0 Å². The minimum absolute atomic E-state index is 0.0343. The smallest absolute Gasteiger partial charge is 0.256 e. The van der Waals surface area contributed by atoms with Crippen molar-refractivity contribution in [2.75, 3.05) is 13.1 Å². The van der Waals surface area contributed by atoms with E-state index in [9.17, 15) is 19.1 Å². The molecule has 20 heavy (non-hydrogen) atoms. The molecule has 1 aliphatic rings. The summed E-state index contributed by atoms with van der Waals surface area (Å²) in [6.45, 7) is -0.166. The van der Waals surface area contributed by atoms with Crippen LogP contribution in [0.3, 0.4) is 0 Å². The predicted octanol–water partition coefficient (Wildman–Crippen LogP) is 0.683. The highest BCUT2D eigenvalue weighted by Crippen LogP contribution is 2.20. The van der Waals surface area contributed by atoms with Gasteiger partial charge in [-0.3, -0.25) is 9.59 Å². The number of carbonyl (C=O) groups excluding carboxylic acids is 1. The number of aliphatic hydroxyl groups is 1. The van der Waals surface area contributed by atoms with E-state index < -0.39 is 18.2 Å². The number of amides is 1. The molecule has 0 bridgehead atoms. The number of benzene rings is 1. The summed E-state index contributed by atoms with van der Waals surface area (Å²) in [5.74, 6) is -0.392. The van der Waals surface area contributed by atoms with Gasteiger partial charge < -0.3 is 15.0 Å². The van der Waals surface area contributed by atoms with Crippen molar-refractivity contribution in [3.05, 3.63) is 46.4 Å². The molecule has 1 aromatic heterocycles. The van der Waals surface area contributed by atoms with E-state index in [1.165, 1.54) is 11.1 Å². The normalized spacial score (nSPS) is 22.4. The van der Waals surface area contributed by atoms with E-state index in [0.717, 1.165) is 0 Å². The zero-order chi connectivity index (χ0) is 14.3. The number of aliphatic hydroxyl groups excluding tert-OH is 1. The summed E-state index contributed by atoms with van der Waals surface area (Å²) in [4.78, 5) is 27.9. The number of alkyl halides is 1. The first-order chi connectivity index (χ1) is 9.58. The minimum atomic E-state index is -1.42. The van der Waals surface area contributed by atoms with Crippen molar-refractivity contribution in [1.29, 1.82) is 0 Å². The number of nitrogens with zero attached hydrogens (tertiary/aromatic N) is 1. The molecule has 104 valence electrons. The van der Waals surface area contributed by atoms with E-state index in [1.807, 2.05) is 0 Å². The van der Waals surface area contributed by atoms with Gasteiger partial charge in [0.25, 0.3) is 11.5 Å². The largest absolute Gasteiger partial charge is 0.388 e. The number of β-amino-alcohol motifs (C(OH)–C–C–N with tert-alkyl or cyclic N) is 1. The lowest BCUT2D eigenvalue weighted by Gasteiger charge is -2.16. The van der Waals surface area contributed by atoms with Gasteiger partial charge in [0.05, 0.1) is 12.1 Å². The quantitative estimate of drug-likeness (QED) is 0.804. The first-order valence-corrected chi connectivity index (χ1v) is 6.30. The van der Waals surface area contributed by atoms with Gasteiger partial charge in [-0.25, -0.2) is 4.39 Å². The van der Waals surface area contributed by atoms with Crippen LogP contribution in [0, 0.1) is 0 Å². The Morgan fingerprint density at radius 1 is 1.30 bits per heavy atom. The van der Waals surface area contributed by atoms with Crippen molar-refractivity contribution >= 4 is 16.7 Å². The Balaban J connectivity index is 2.05. The summed E-state index contributed by atoms with van der Waals surface area (Å²) in [6, 6.07) is 6.75. The van der Waals surface area contributed by atoms with Crippen LogP contribution < -0.4 is 5.56 Å². The van der Waals surface area contributed by atoms with Crippen LogP contribution in [0.25, 0.3) is 10.8 Å². The van der Waals surface area contributed by atoms with Gasteiger partial charge in [0.1, 0.15) is 12.3 Å². The lowest BCUT2D eigenvalue weighted by atomic mass is 10.1. The molecule has 1 aromatic carbocycles. The highest BCUT2D eigenvalue weighted by atomic mass is 19.1. The fourth-order valence-corrected chi connectivity index (χ4v) is 2.47. The van der Waals surface area contributed by atoms with Gasteiger partial charge in [-0.2, -0.15) is 0 Å². The number of hydrogen-bond acceptors (Lipinski definition) is 3. The van der Waals surface area contributed by atoms with Crippen LogP contribution in [0.5, 0.6) is 0 Å². The summed E-state index contributed by atoms with van der Waals surface area (Å²) in [6.07, 6.45) is -1.23. The van der Waals surface area contributed by atoms with E-state index in [2.05, 4.69) is 4.98 Å². The van der Waals surface area contributed by atoms with Gasteiger partial charge in [-0.1, -0.05) is 18.2 Å². The standard InChI is InChI=1S/C14H13FN2O3/c15-11-6-17(7-12(11)18)14(20)10-5-16-13(19)9-4-2-1-3-8(9)10/h1-5,11-12,18H,6-7H2,(H,16,19)/t11-,12-/m1/s1. The molecule has 2 heterocycles. The number of likely N-dealkylation sites (tertiary alicyclic amines) is 1. The Labute approximate surface area is 113 Å². The molecule has 2 atom stereocenters. The maximum Gasteiger partial charge on any atom is 0.256 e. The average molecular weight is 276 g/mol. The zero-order valence-corrected chi connectivity index (χ0v) is 10.5. The van der Waals surface area contributed by atoms with E-state index in [-0.39, 0.29) is 18.6 Å². The van der Waals surface area contributed by atoms with Gasteiger partial charge in [0.15, 0.2) is 0 Å². The molecule has 0 saturated carbocycles. The number of hydrogen-bond donors (Lipinski definition) is 2. The average Bonchev–Trinajstić information content (AvgIpc) is 2.79. The Morgan fingerprint density at radius 3 is 2.65 bits per heavy atom. The van der Waals surface area contributed by atoms with Crippen LogP contribution in [0.1, 0.15) is 10.4 Å². The molecular weight excluding hydrogens is 263 g/mol. The molecule has 3 rings (SSSR count). The number of carbonyl (C=O) groups is 1. The number of halogens is 1. The molecule has 0 aliphatic carbocycles. The number of aromatic amines is 1. The Bertz CT molecular complexity index is 718. The lowest BCUT2D eigenvalue weighted by Crippen LogP contribution is -2.30. The molecule has 6 heteroatoms. The number of nitrogens with one attached hydrogen (secondary N) is 1. The number of rotatable bonds is 1. The second-order valence-electron chi connectivity index (χ2n) is 4.87. The Kier molecular flexibility index (Phi) is 3.02. The fraction of sp³-hybridized carbons (Fsp3) is 0.286. The number of aromatic nitrogens is 1. The van der Waals surface area contributed by atoms with Crippen molar-refractivity contribution < 1.29 is 14.3 Å². The van der Waals surface area contributed by atoms with Gasteiger partial charge in [0.2, 0.25) is 0 Å². The zero-order valence-electron chi connectivity index (χ0n) is 10.5. The summed E-state index contributed by atoms with van der Waals surface area (Å²) in [7, 11) is 0. The summed E-state index contributed by atoms with van der Waals surface area (Å²) < 4.78 is 13.3. The molecule has 0 unspecified atom stereocenters. The summed E-state index contributed by atoms with van der Waals surface area (Å²) in [5, 5.41) is 10.3. The fourth-order valence-electron chi connectivity index (χ4n) is 2.47. The molecule has 0 radical (unpaired) electrons. The summed E-state index contributed by atoms with van der Waals surface area (Å²) >= 11 is 0. The summed E-state index contributed by atoms with van der Waals surface area (Å²) in [5.41, 5.74) is 0.0310. The van der Waals surface area contributed by atoms with Crippen LogP contribution >= 0.6 is 0 Å². The molecule has 1 aliphatic heterocycles. The monoisotopic (exact) mass is 276 g/mol. The van der Waals surface area contributed by atoms with Crippen LogP contribution in [0.15, 0.2) is 35.3 Å². The van der Waals surface area contributed by atoms with Crippen LogP contribution in [-0.2, 0) is 0 Å². The third-order valence-electron chi connectivity index (χ3n) is 3.55. The highest BCUT2D eigenvalue weighted by Gasteiger charge is 2.34. The Hall–Kier alpha value is -2.21. The highest BCUT2D eigenvalue weighted by molar-refractivity contribution is 6.06. The minimum Gasteiger partial charge on any atom is -0.388 e.